The molecule has 8 heteroatoms. The molecule has 0 spiro atoms. The fourth-order valence-electron chi connectivity index (χ4n) is 2.47. The normalized spacial score (nSPS) is 16.0. The molecule has 0 bridgehead atoms. The van der Waals surface area contributed by atoms with Crippen molar-refractivity contribution >= 4 is 52.5 Å². The van der Waals surface area contributed by atoms with Gasteiger partial charge in [-0.3, -0.25) is 19.8 Å². The standard InChI is InChI=1S/C18H13ClN2O4S/c1-25-14-9-10(8-13(19)15(14)22)7-12-16(23)20-18(26)21(17(12)24)11-5-3-2-4-6-11/h2-9,22H,1H3,(H,20,23,26). The summed E-state index contributed by atoms with van der Waals surface area (Å²) < 4.78 is 5.04. The molecule has 0 unspecified atom stereocenters. The van der Waals surface area contributed by atoms with Crippen LogP contribution in [0.15, 0.2) is 48.0 Å². The summed E-state index contributed by atoms with van der Waals surface area (Å²) in [5.41, 5.74) is 0.838. The third kappa shape index (κ3) is 3.26. The lowest BCUT2D eigenvalue weighted by Gasteiger charge is -2.28. The highest BCUT2D eigenvalue weighted by molar-refractivity contribution is 7.80. The van der Waals surface area contributed by atoms with Crippen LogP contribution in [0.3, 0.4) is 0 Å². The summed E-state index contributed by atoms with van der Waals surface area (Å²) in [5.74, 6) is -1.27. The van der Waals surface area contributed by atoms with Crippen molar-refractivity contribution in [1.29, 1.82) is 0 Å². The number of hydrogen-bond donors (Lipinski definition) is 2. The van der Waals surface area contributed by atoms with Gasteiger partial charge in [0.25, 0.3) is 11.8 Å². The van der Waals surface area contributed by atoms with E-state index in [1.54, 1.807) is 30.3 Å². The van der Waals surface area contributed by atoms with E-state index >= 15 is 0 Å². The minimum Gasteiger partial charge on any atom is -0.503 e. The molecule has 1 aliphatic rings. The van der Waals surface area contributed by atoms with Crippen molar-refractivity contribution in [2.24, 2.45) is 0 Å². The molecule has 2 N–H and O–H groups in total. The largest absolute Gasteiger partial charge is 0.503 e. The number of halogens is 1. The zero-order valence-corrected chi connectivity index (χ0v) is 15.1. The van der Waals surface area contributed by atoms with E-state index in [4.69, 9.17) is 28.6 Å². The number of phenols is 1. The van der Waals surface area contributed by atoms with Gasteiger partial charge in [-0.1, -0.05) is 29.8 Å². The lowest BCUT2D eigenvalue weighted by Crippen LogP contribution is -2.54. The molecule has 2 amide bonds. The molecule has 1 heterocycles. The highest BCUT2D eigenvalue weighted by Gasteiger charge is 2.34. The molecule has 1 saturated heterocycles. The van der Waals surface area contributed by atoms with Crippen molar-refractivity contribution in [3.05, 3.63) is 58.6 Å². The van der Waals surface area contributed by atoms with Gasteiger partial charge in [-0.25, -0.2) is 0 Å². The predicted molar refractivity (Wildman–Crippen MR) is 102 cm³/mol. The topological polar surface area (TPSA) is 78.9 Å². The molecule has 2 aromatic carbocycles. The Labute approximate surface area is 159 Å². The van der Waals surface area contributed by atoms with Crippen LogP contribution in [-0.2, 0) is 9.59 Å². The number of hydrogen-bond acceptors (Lipinski definition) is 5. The first kappa shape index (κ1) is 17.9. The Morgan fingerprint density at radius 1 is 1.23 bits per heavy atom. The first-order valence-electron chi connectivity index (χ1n) is 7.45. The van der Waals surface area contributed by atoms with E-state index in [1.165, 1.54) is 30.2 Å². The smallest absolute Gasteiger partial charge is 0.270 e. The van der Waals surface area contributed by atoms with E-state index in [-0.39, 0.29) is 27.2 Å². The maximum absolute atomic E-state index is 12.9. The average Bonchev–Trinajstić information content (AvgIpc) is 2.62. The number of nitrogens with zero attached hydrogens (tertiary/aromatic N) is 1. The Morgan fingerprint density at radius 3 is 2.58 bits per heavy atom. The molecule has 26 heavy (non-hydrogen) atoms. The van der Waals surface area contributed by atoms with Crippen LogP contribution in [0, 0.1) is 0 Å². The van der Waals surface area contributed by atoms with Crippen molar-refractivity contribution in [2.45, 2.75) is 0 Å². The zero-order valence-electron chi connectivity index (χ0n) is 13.5. The van der Waals surface area contributed by atoms with Gasteiger partial charge in [0.2, 0.25) is 0 Å². The Morgan fingerprint density at radius 2 is 1.92 bits per heavy atom. The molecule has 0 saturated carbocycles. The van der Waals surface area contributed by atoms with Gasteiger partial charge in [0.05, 0.1) is 17.8 Å². The second kappa shape index (κ2) is 7.15. The van der Waals surface area contributed by atoms with E-state index in [2.05, 4.69) is 5.32 Å². The first-order chi connectivity index (χ1) is 12.4. The Bertz CT molecular complexity index is 944. The van der Waals surface area contributed by atoms with Crippen molar-refractivity contribution in [3.8, 4) is 11.5 Å². The summed E-state index contributed by atoms with van der Waals surface area (Å²) >= 11 is 11.1. The lowest BCUT2D eigenvalue weighted by molar-refractivity contribution is -0.122. The SMILES string of the molecule is COc1cc(C=C2C(=O)NC(=S)N(c3ccccc3)C2=O)cc(Cl)c1O. The van der Waals surface area contributed by atoms with Crippen LogP contribution in [0.2, 0.25) is 5.02 Å². The summed E-state index contributed by atoms with van der Waals surface area (Å²) in [6.45, 7) is 0. The molecule has 0 aromatic heterocycles. The molecule has 1 fully saturated rings. The minimum absolute atomic E-state index is 0.00432. The number of nitrogens with one attached hydrogen (secondary N) is 1. The van der Waals surface area contributed by atoms with Gasteiger partial charge >= 0.3 is 0 Å². The van der Waals surface area contributed by atoms with E-state index in [0.29, 0.717) is 11.3 Å². The van der Waals surface area contributed by atoms with Crippen molar-refractivity contribution < 1.29 is 19.4 Å². The summed E-state index contributed by atoms with van der Waals surface area (Å²) in [6, 6.07) is 11.6. The number of carbonyl (C=O) groups is 2. The minimum atomic E-state index is -0.615. The number of amides is 2. The average molecular weight is 389 g/mol. The quantitative estimate of drug-likeness (QED) is 0.480. The number of methoxy groups -OCH3 is 1. The van der Waals surface area contributed by atoms with Gasteiger partial charge in [-0.15, -0.1) is 0 Å². The van der Waals surface area contributed by atoms with Crippen LogP contribution in [-0.4, -0.2) is 29.1 Å². The Kier molecular flexibility index (Phi) is 4.92. The maximum atomic E-state index is 12.9. The highest BCUT2D eigenvalue weighted by atomic mass is 35.5. The Balaban J connectivity index is 2.05. The molecule has 6 nitrogen and oxygen atoms in total. The van der Waals surface area contributed by atoms with E-state index in [9.17, 15) is 14.7 Å². The van der Waals surface area contributed by atoms with E-state index < -0.39 is 11.8 Å². The van der Waals surface area contributed by atoms with Gasteiger partial charge in [-0.05, 0) is 48.1 Å². The van der Waals surface area contributed by atoms with Gasteiger partial charge in [0.1, 0.15) is 5.57 Å². The maximum Gasteiger partial charge on any atom is 0.270 e. The number of rotatable bonds is 3. The fourth-order valence-corrected chi connectivity index (χ4v) is 2.97. The third-order valence-electron chi connectivity index (χ3n) is 3.70. The number of phenolic OH excluding ortho intramolecular Hbond substituents is 1. The molecule has 0 radical (unpaired) electrons. The molecule has 132 valence electrons. The van der Waals surface area contributed by atoms with Gasteiger partial charge < -0.3 is 9.84 Å². The molecule has 0 atom stereocenters. The highest BCUT2D eigenvalue weighted by Crippen LogP contribution is 2.35. The number of ether oxygens (including phenoxy) is 1. The van der Waals surface area contributed by atoms with Crippen LogP contribution in [0.25, 0.3) is 6.08 Å². The predicted octanol–water partition coefficient (Wildman–Crippen LogP) is 2.89. The zero-order chi connectivity index (χ0) is 18.8. The summed E-state index contributed by atoms with van der Waals surface area (Å²) in [5, 5.41) is 12.3. The number of anilines is 1. The summed E-state index contributed by atoms with van der Waals surface area (Å²) in [6.07, 6.45) is 1.36. The summed E-state index contributed by atoms with van der Waals surface area (Å²) in [4.78, 5) is 26.4. The number of thiocarbonyl (C=S) groups is 1. The molecule has 1 aliphatic heterocycles. The number of carbonyl (C=O) groups excluding carboxylic acids is 2. The number of benzene rings is 2. The van der Waals surface area contributed by atoms with Crippen LogP contribution in [0.5, 0.6) is 11.5 Å². The second-order valence-electron chi connectivity index (χ2n) is 5.35. The fraction of sp³-hybridized carbons (Fsp3) is 0.0556. The third-order valence-corrected chi connectivity index (χ3v) is 4.27. The summed E-state index contributed by atoms with van der Waals surface area (Å²) in [7, 11) is 1.37. The second-order valence-corrected chi connectivity index (χ2v) is 6.14. The van der Waals surface area contributed by atoms with Crippen molar-refractivity contribution in [3.63, 3.8) is 0 Å². The number of aromatic hydroxyl groups is 1. The number of para-hydroxylation sites is 1. The van der Waals surface area contributed by atoms with Crippen LogP contribution < -0.4 is 15.0 Å². The first-order valence-corrected chi connectivity index (χ1v) is 8.24. The van der Waals surface area contributed by atoms with E-state index in [1.807, 2.05) is 0 Å². The molecular weight excluding hydrogens is 376 g/mol. The van der Waals surface area contributed by atoms with Crippen molar-refractivity contribution in [1.82, 2.24) is 5.32 Å². The molecular formula is C18H13ClN2O4S. The Hall–Kier alpha value is -2.90. The monoisotopic (exact) mass is 388 g/mol. The molecule has 3 rings (SSSR count). The van der Waals surface area contributed by atoms with Crippen LogP contribution in [0.1, 0.15) is 5.56 Å². The van der Waals surface area contributed by atoms with E-state index in [0.717, 1.165) is 0 Å². The van der Waals surface area contributed by atoms with Gasteiger partial charge in [0, 0.05) is 0 Å². The van der Waals surface area contributed by atoms with Gasteiger partial charge in [-0.2, -0.15) is 0 Å². The van der Waals surface area contributed by atoms with Crippen molar-refractivity contribution in [2.75, 3.05) is 12.0 Å². The van der Waals surface area contributed by atoms with Crippen LogP contribution in [0.4, 0.5) is 5.69 Å². The molecule has 0 aliphatic carbocycles. The van der Waals surface area contributed by atoms with Gasteiger partial charge in [0.15, 0.2) is 16.6 Å². The lowest BCUT2D eigenvalue weighted by atomic mass is 10.1. The molecule has 2 aromatic rings. The van der Waals surface area contributed by atoms with Crippen LogP contribution >= 0.6 is 23.8 Å².